The normalized spacial score (nSPS) is 14.2. The van der Waals surface area contributed by atoms with Crippen LogP contribution in [-0.4, -0.2) is 38.1 Å². The Hall–Kier alpha value is -4.00. The molecule has 7 heteroatoms. The van der Waals surface area contributed by atoms with Gasteiger partial charge in [0.2, 0.25) is 0 Å². The molecule has 35 heavy (non-hydrogen) atoms. The van der Waals surface area contributed by atoms with E-state index in [9.17, 15) is 14.7 Å². The number of imidazole rings is 1. The SMILES string of the molecule is O=C(O)c1ccc2c(c1)nc(-c1cccc(C(=O)NCCc3cccnc3)c1)n2C1CCCCC1. The Morgan fingerprint density at radius 1 is 1.00 bits per heavy atom. The zero-order valence-corrected chi connectivity index (χ0v) is 19.5. The van der Waals surface area contributed by atoms with Gasteiger partial charge in [-0.25, -0.2) is 9.78 Å². The van der Waals surface area contributed by atoms with Gasteiger partial charge in [0.05, 0.1) is 16.6 Å². The van der Waals surface area contributed by atoms with Gasteiger partial charge in [-0.2, -0.15) is 0 Å². The number of aromatic nitrogens is 3. The molecule has 0 radical (unpaired) electrons. The molecule has 4 aromatic rings. The molecular weight excluding hydrogens is 440 g/mol. The number of nitrogens with one attached hydrogen (secondary N) is 1. The van der Waals surface area contributed by atoms with E-state index < -0.39 is 5.97 Å². The van der Waals surface area contributed by atoms with E-state index in [0.29, 0.717) is 30.1 Å². The van der Waals surface area contributed by atoms with Crippen LogP contribution >= 0.6 is 0 Å². The summed E-state index contributed by atoms with van der Waals surface area (Å²) in [5.41, 5.74) is 4.31. The summed E-state index contributed by atoms with van der Waals surface area (Å²) in [7, 11) is 0. The number of carbonyl (C=O) groups excluding carboxylic acids is 1. The minimum absolute atomic E-state index is 0.135. The van der Waals surface area contributed by atoms with Gasteiger partial charge in [-0.3, -0.25) is 9.78 Å². The number of pyridine rings is 1. The average molecular weight is 469 g/mol. The summed E-state index contributed by atoms with van der Waals surface area (Å²) >= 11 is 0. The van der Waals surface area contributed by atoms with E-state index in [-0.39, 0.29) is 11.5 Å². The molecule has 0 bridgehead atoms. The minimum Gasteiger partial charge on any atom is -0.478 e. The predicted molar refractivity (Wildman–Crippen MR) is 135 cm³/mol. The van der Waals surface area contributed by atoms with Crippen molar-refractivity contribution in [3.63, 3.8) is 0 Å². The van der Waals surface area contributed by atoms with E-state index in [1.54, 1.807) is 30.6 Å². The van der Waals surface area contributed by atoms with Gasteiger partial charge in [0.1, 0.15) is 5.82 Å². The van der Waals surface area contributed by atoms with Crippen LogP contribution in [0, 0.1) is 0 Å². The third kappa shape index (κ3) is 4.94. The van der Waals surface area contributed by atoms with Crippen molar-refractivity contribution in [1.29, 1.82) is 0 Å². The van der Waals surface area contributed by atoms with Crippen LogP contribution in [0.4, 0.5) is 0 Å². The summed E-state index contributed by atoms with van der Waals surface area (Å²) in [6.45, 7) is 0.521. The number of benzene rings is 2. The first-order chi connectivity index (χ1) is 17.1. The van der Waals surface area contributed by atoms with Crippen LogP contribution < -0.4 is 5.32 Å². The number of carboxylic acids is 1. The van der Waals surface area contributed by atoms with E-state index in [1.807, 2.05) is 36.4 Å². The Morgan fingerprint density at radius 3 is 2.63 bits per heavy atom. The van der Waals surface area contributed by atoms with Crippen LogP contribution in [0.2, 0.25) is 0 Å². The largest absolute Gasteiger partial charge is 0.478 e. The van der Waals surface area contributed by atoms with Gasteiger partial charge in [0.15, 0.2) is 0 Å². The third-order valence-corrected chi connectivity index (χ3v) is 6.68. The number of hydrogen-bond acceptors (Lipinski definition) is 4. The highest BCUT2D eigenvalue weighted by Crippen LogP contribution is 2.36. The number of carboxylic acid groups (broad SMARTS) is 1. The van der Waals surface area contributed by atoms with Crippen molar-refractivity contribution in [1.82, 2.24) is 19.9 Å². The van der Waals surface area contributed by atoms with Crippen molar-refractivity contribution < 1.29 is 14.7 Å². The Bertz CT molecular complexity index is 1360. The molecular formula is C28H28N4O3. The van der Waals surface area contributed by atoms with E-state index in [0.717, 1.165) is 48.2 Å². The molecule has 2 N–H and O–H groups in total. The molecule has 5 rings (SSSR count). The van der Waals surface area contributed by atoms with Gasteiger partial charge in [0, 0.05) is 36.1 Å². The van der Waals surface area contributed by atoms with E-state index in [1.165, 1.54) is 6.42 Å². The van der Waals surface area contributed by atoms with Crippen LogP contribution in [0.5, 0.6) is 0 Å². The van der Waals surface area contributed by atoms with Gasteiger partial charge in [-0.05, 0) is 61.2 Å². The molecule has 1 saturated carbocycles. The molecule has 2 aromatic heterocycles. The second-order valence-electron chi connectivity index (χ2n) is 9.05. The molecule has 178 valence electrons. The molecule has 2 heterocycles. The number of hydrogen-bond donors (Lipinski definition) is 2. The summed E-state index contributed by atoms with van der Waals surface area (Å²) in [5.74, 6) is -0.325. The smallest absolute Gasteiger partial charge is 0.335 e. The van der Waals surface area contributed by atoms with Crippen molar-refractivity contribution in [2.24, 2.45) is 0 Å². The monoisotopic (exact) mass is 468 g/mol. The summed E-state index contributed by atoms with van der Waals surface area (Å²) in [6.07, 6.45) is 9.93. The lowest BCUT2D eigenvalue weighted by atomic mass is 9.94. The first kappa shape index (κ1) is 22.8. The molecule has 0 saturated heterocycles. The van der Waals surface area contributed by atoms with Gasteiger partial charge in [-0.15, -0.1) is 0 Å². The topological polar surface area (TPSA) is 97.1 Å². The number of rotatable bonds is 7. The summed E-state index contributed by atoms with van der Waals surface area (Å²) in [6, 6.07) is 16.8. The fraction of sp³-hybridized carbons (Fsp3) is 0.286. The first-order valence-electron chi connectivity index (χ1n) is 12.1. The maximum absolute atomic E-state index is 12.9. The van der Waals surface area contributed by atoms with Crippen LogP contribution in [0.3, 0.4) is 0 Å². The Kier molecular flexibility index (Phi) is 6.57. The number of fused-ring (bicyclic) bond motifs is 1. The standard InChI is InChI=1S/C28H28N4O3/c33-27(30-15-13-19-6-5-14-29-18-19)21-8-4-7-20(16-21)26-31-24-17-22(28(34)35)11-12-25(24)32(26)23-9-2-1-3-10-23/h4-8,11-12,14,16-18,23H,1-3,9-10,13,15H2,(H,30,33)(H,34,35). The van der Waals surface area contributed by atoms with Crippen LogP contribution in [0.15, 0.2) is 67.0 Å². The minimum atomic E-state index is -0.967. The molecule has 2 aromatic carbocycles. The molecule has 0 atom stereocenters. The highest BCUT2D eigenvalue weighted by molar-refractivity contribution is 5.96. The number of amides is 1. The zero-order valence-electron chi connectivity index (χ0n) is 19.5. The van der Waals surface area contributed by atoms with Crippen molar-refractivity contribution >= 4 is 22.9 Å². The van der Waals surface area contributed by atoms with Gasteiger partial charge >= 0.3 is 5.97 Å². The lowest BCUT2D eigenvalue weighted by Gasteiger charge is -2.25. The number of aromatic carboxylic acids is 1. The maximum atomic E-state index is 12.9. The highest BCUT2D eigenvalue weighted by Gasteiger charge is 2.23. The Labute approximate surface area is 203 Å². The third-order valence-electron chi connectivity index (χ3n) is 6.68. The fourth-order valence-corrected chi connectivity index (χ4v) is 4.91. The lowest BCUT2D eigenvalue weighted by Crippen LogP contribution is -2.25. The van der Waals surface area contributed by atoms with Crippen molar-refractivity contribution in [2.75, 3.05) is 6.54 Å². The second kappa shape index (κ2) is 10.1. The maximum Gasteiger partial charge on any atom is 0.335 e. The highest BCUT2D eigenvalue weighted by atomic mass is 16.4. The quantitative estimate of drug-likeness (QED) is 0.385. The molecule has 0 aliphatic heterocycles. The Morgan fingerprint density at radius 2 is 1.86 bits per heavy atom. The molecule has 1 aliphatic rings. The second-order valence-corrected chi connectivity index (χ2v) is 9.05. The molecule has 7 nitrogen and oxygen atoms in total. The number of nitrogens with zero attached hydrogens (tertiary/aromatic N) is 3. The summed E-state index contributed by atoms with van der Waals surface area (Å²) < 4.78 is 2.25. The molecule has 0 spiro atoms. The molecule has 1 amide bonds. The van der Waals surface area contributed by atoms with Crippen LogP contribution in [-0.2, 0) is 6.42 Å². The van der Waals surface area contributed by atoms with E-state index in [2.05, 4.69) is 14.9 Å². The molecule has 1 aliphatic carbocycles. The lowest BCUT2D eigenvalue weighted by molar-refractivity contribution is 0.0696. The number of carbonyl (C=O) groups is 2. The van der Waals surface area contributed by atoms with Crippen LogP contribution in [0.1, 0.15) is 64.4 Å². The molecule has 1 fully saturated rings. The zero-order chi connectivity index (χ0) is 24.2. The molecule has 0 unspecified atom stereocenters. The summed E-state index contributed by atoms with van der Waals surface area (Å²) in [4.78, 5) is 33.4. The van der Waals surface area contributed by atoms with Gasteiger partial charge < -0.3 is 15.0 Å². The van der Waals surface area contributed by atoms with E-state index in [4.69, 9.17) is 4.98 Å². The average Bonchev–Trinajstić information content (AvgIpc) is 3.29. The van der Waals surface area contributed by atoms with Crippen LogP contribution in [0.25, 0.3) is 22.4 Å². The van der Waals surface area contributed by atoms with Crippen molar-refractivity contribution in [2.45, 2.75) is 44.6 Å². The first-order valence-corrected chi connectivity index (χ1v) is 12.1. The van der Waals surface area contributed by atoms with Gasteiger partial charge in [-0.1, -0.05) is 37.5 Å². The van der Waals surface area contributed by atoms with Gasteiger partial charge in [0.25, 0.3) is 5.91 Å². The summed E-state index contributed by atoms with van der Waals surface area (Å²) in [5, 5.41) is 12.4. The Balaban J connectivity index is 1.45. The van der Waals surface area contributed by atoms with Crippen molar-refractivity contribution in [3.05, 3.63) is 83.7 Å². The fourth-order valence-electron chi connectivity index (χ4n) is 4.91. The van der Waals surface area contributed by atoms with Crippen molar-refractivity contribution in [3.8, 4) is 11.4 Å². The van der Waals surface area contributed by atoms with E-state index >= 15 is 0 Å². The predicted octanol–water partition coefficient (Wildman–Crippen LogP) is 5.27.